The number of amides is 3. The van der Waals surface area contributed by atoms with Gasteiger partial charge in [-0.25, -0.2) is 0 Å². The second-order valence-corrected chi connectivity index (χ2v) is 6.31. The molecule has 0 saturated carbocycles. The Labute approximate surface area is 159 Å². The number of carbonyl (C=O) groups is 3. The summed E-state index contributed by atoms with van der Waals surface area (Å²) in [5, 5.41) is 5.43. The fraction of sp³-hybridized carbons (Fsp3) is 0.286. The number of hydrogen-bond acceptors (Lipinski definition) is 3. The standard InChI is InChI=1S/C21H25N3O3/c1-4-16-10-6-8-12-18(16)23-19(25)14-24(3)20(26)13-22-21(27)17-11-7-5-9-15(17)2/h5-12H,4,13-14H2,1-3H3,(H,22,27)(H,23,25). The van der Waals surface area contributed by atoms with Crippen LogP contribution in [0.25, 0.3) is 0 Å². The Balaban J connectivity index is 1.85. The van der Waals surface area contributed by atoms with Crippen LogP contribution in [0.4, 0.5) is 5.69 Å². The van der Waals surface area contributed by atoms with Crippen LogP contribution in [0.3, 0.4) is 0 Å². The molecule has 2 rings (SSSR count). The van der Waals surface area contributed by atoms with Gasteiger partial charge in [-0.15, -0.1) is 0 Å². The van der Waals surface area contributed by atoms with Crippen LogP contribution in [0, 0.1) is 6.92 Å². The van der Waals surface area contributed by atoms with Crippen molar-refractivity contribution in [1.82, 2.24) is 10.2 Å². The number of aryl methyl sites for hydroxylation is 2. The molecule has 0 atom stereocenters. The van der Waals surface area contributed by atoms with E-state index in [0.29, 0.717) is 5.56 Å². The van der Waals surface area contributed by atoms with E-state index in [2.05, 4.69) is 10.6 Å². The number of para-hydroxylation sites is 1. The second-order valence-electron chi connectivity index (χ2n) is 6.31. The van der Waals surface area contributed by atoms with E-state index < -0.39 is 0 Å². The van der Waals surface area contributed by atoms with Gasteiger partial charge < -0.3 is 15.5 Å². The third-order valence-corrected chi connectivity index (χ3v) is 4.27. The number of rotatable bonds is 7. The molecule has 0 aromatic heterocycles. The molecule has 0 fully saturated rings. The average Bonchev–Trinajstić information content (AvgIpc) is 2.66. The Bertz CT molecular complexity index is 833. The molecule has 2 aromatic rings. The topological polar surface area (TPSA) is 78.5 Å². The molecule has 0 radical (unpaired) electrons. The van der Waals surface area contributed by atoms with Gasteiger partial charge >= 0.3 is 0 Å². The molecule has 2 aromatic carbocycles. The maximum atomic E-state index is 12.2. The van der Waals surface area contributed by atoms with Crippen LogP contribution >= 0.6 is 0 Å². The van der Waals surface area contributed by atoms with Crippen LogP contribution in [0.5, 0.6) is 0 Å². The smallest absolute Gasteiger partial charge is 0.251 e. The summed E-state index contributed by atoms with van der Waals surface area (Å²) in [4.78, 5) is 37.9. The first-order chi connectivity index (χ1) is 12.9. The van der Waals surface area contributed by atoms with Crippen molar-refractivity contribution < 1.29 is 14.4 Å². The van der Waals surface area contributed by atoms with Gasteiger partial charge in [0.15, 0.2) is 0 Å². The molecule has 0 spiro atoms. The fourth-order valence-electron chi connectivity index (χ4n) is 2.66. The van der Waals surface area contributed by atoms with Crippen molar-refractivity contribution in [1.29, 1.82) is 0 Å². The van der Waals surface area contributed by atoms with Crippen LogP contribution in [-0.2, 0) is 16.0 Å². The van der Waals surface area contributed by atoms with Gasteiger partial charge in [-0.3, -0.25) is 14.4 Å². The number of anilines is 1. The van der Waals surface area contributed by atoms with Crippen LogP contribution in [0.1, 0.15) is 28.4 Å². The highest BCUT2D eigenvalue weighted by molar-refractivity contribution is 5.98. The van der Waals surface area contributed by atoms with Gasteiger partial charge in [-0.1, -0.05) is 43.3 Å². The monoisotopic (exact) mass is 367 g/mol. The molecule has 2 N–H and O–H groups in total. The third-order valence-electron chi connectivity index (χ3n) is 4.27. The SMILES string of the molecule is CCc1ccccc1NC(=O)CN(C)C(=O)CNC(=O)c1ccccc1C. The normalized spacial score (nSPS) is 10.2. The minimum Gasteiger partial charge on any atom is -0.343 e. The number of likely N-dealkylation sites (N-methyl/N-ethyl adjacent to an activating group) is 1. The first-order valence-corrected chi connectivity index (χ1v) is 8.88. The first kappa shape index (κ1) is 20.2. The van der Waals surface area contributed by atoms with Crippen molar-refractivity contribution in [3.63, 3.8) is 0 Å². The zero-order valence-electron chi connectivity index (χ0n) is 15.9. The van der Waals surface area contributed by atoms with Gasteiger partial charge in [0, 0.05) is 18.3 Å². The van der Waals surface area contributed by atoms with Crippen molar-refractivity contribution >= 4 is 23.4 Å². The number of nitrogens with one attached hydrogen (secondary N) is 2. The molecular weight excluding hydrogens is 342 g/mol. The summed E-state index contributed by atoms with van der Waals surface area (Å²) in [6, 6.07) is 14.7. The molecule has 0 aliphatic rings. The Morgan fingerprint density at radius 1 is 1.00 bits per heavy atom. The van der Waals surface area contributed by atoms with Gasteiger partial charge in [0.1, 0.15) is 0 Å². The first-order valence-electron chi connectivity index (χ1n) is 8.88. The van der Waals surface area contributed by atoms with E-state index in [0.717, 1.165) is 23.2 Å². The molecule has 3 amide bonds. The Kier molecular flexibility index (Phi) is 7.11. The van der Waals surface area contributed by atoms with E-state index in [1.165, 1.54) is 11.9 Å². The van der Waals surface area contributed by atoms with E-state index in [1.807, 2.05) is 50.2 Å². The third kappa shape index (κ3) is 5.67. The molecule has 6 nitrogen and oxygen atoms in total. The highest BCUT2D eigenvalue weighted by atomic mass is 16.2. The minimum atomic E-state index is -0.337. The second kappa shape index (κ2) is 9.52. The molecule has 0 heterocycles. The maximum absolute atomic E-state index is 12.2. The van der Waals surface area contributed by atoms with E-state index in [-0.39, 0.29) is 30.8 Å². The number of benzene rings is 2. The van der Waals surface area contributed by atoms with Gasteiger partial charge in [0.05, 0.1) is 13.1 Å². The lowest BCUT2D eigenvalue weighted by Gasteiger charge is -2.18. The molecule has 6 heteroatoms. The Morgan fingerprint density at radius 2 is 1.67 bits per heavy atom. The summed E-state index contributed by atoms with van der Waals surface area (Å²) in [5.74, 6) is -0.927. The van der Waals surface area contributed by atoms with E-state index in [9.17, 15) is 14.4 Å². The number of nitrogens with zero attached hydrogens (tertiary/aromatic N) is 1. The lowest BCUT2D eigenvalue weighted by atomic mass is 10.1. The summed E-state index contributed by atoms with van der Waals surface area (Å²) in [7, 11) is 1.54. The van der Waals surface area contributed by atoms with Gasteiger partial charge in [0.25, 0.3) is 5.91 Å². The number of carbonyl (C=O) groups excluding carboxylic acids is 3. The van der Waals surface area contributed by atoms with Crippen molar-refractivity contribution in [3.05, 3.63) is 65.2 Å². The lowest BCUT2D eigenvalue weighted by molar-refractivity contribution is -0.132. The summed E-state index contributed by atoms with van der Waals surface area (Å²) in [5.41, 5.74) is 3.15. The van der Waals surface area contributed by atoms with Gasteiger partial charge in [-0.05, 0) is 36.6 Å². The predicted molar refractivity (Wildman–Crippen MR) is 106 cm³/mol. The van der Waals surface area contributed by atoms with Gasteiger partial charge in [-0.2, -0.15) is 0 Å². The van der Waals surface area contributed by atoms with Gasteiger partial charge in [0.2, 0.25) is 11.8 Å². The molecule has 0 saturated heterocycles. The molecule has 27 heavy (non-hydrogen) atoms. The highest BCUT2D eigenvalue weighted by Gasteiger charge is 2.16. The van der Waals surface area contributed by atoms with Crippen molar-refractivity contribution in [2.75, 3.05) is 25.5 Å². The van der Waals surface area contributed by atoms with E-state index in [1.54, 1.807) is 12.1 Å². The summed E-state index contributed by atoms with van der Waals surface area (Å²) >= 11 is 0. The summed E-state index contributed by atoms with van der Waals surface area (Å²) in [6.07, 6.45) is 0.802. The fourth-order valence-corrected chi connectivity index (χ4v) is 2.66. The van der Waals surface area contributed by atoms with Crippen molar-refractivity contribution in [3.8, 4) is 0 Å². The van der Waals surface area contributed by atoms with E-state index >= 15 is 0 Å². The lowest BCUT2D eigenvalue weighted by Crippen LogP contribution is -2.41. The largest absolute Gasteiger partial charge is 0.343 e. The average molecular weight is 367 g/mol. The van der Waals surface area contributed by atoms with Crippen molar-refractivity contribution in [2.24, 2.45) is 0 Å². The molecule has 0 aliphatic heterocycles. The van der Waals surface area contributed by atoms with Crippen LogP contribution in [0.2, 0.25) is 0 Å². The molecule has 0 aliphatic carbocycles. The summed E-state index contributed by atoms with van der Waals surface area (Å²) < 4.78 is 0. The van der Waals surface area contributed by atoms with Crippen molar-refractivity contribution in [2.45, 2.75) is 20.3 Å². The highest BCUT2D eigenvalue weighted by Crippen LogP contribution is 2.15. The molecular formula is C21H25N3O3. The Hall–Kier alpha value is -3.15. The molecule has 142 valence electrons. The Morgan fingerprint density at radius 3 is 2.37 bits per heavy atom. The summed E-state index contributed by atoms with van der Waals surface area (Å²) in [6.45, 7) is 3.60. The molecule has 0 unspecified atom stereocenters. The van der Waals surface area contributed by atoms with Crippen LogP contribution in [-0.4, -0.2) is 42.8 Å². The van der Waals surface area contributed by atoms with Crippen LogP contribution in [0.15, 0.2) is 48.5 Å². The van der Waals surface area contributed by atoms with Crippen LogP contribution < -0.4 is 10.6 Å². The predicted octanol–water partition coefficient (Wildman–Crippen LogP) is 2.38. The number of hydrogen-bond donors (Lipinski definition) is 2. The zero-order chi connectivity index (χ0) is 19.8. The maximum Gasteiger partial charge on any atom is 0.251 e. The molecule has 0 bridgehead atoms. The zero-order valence-corrected chi connectivity index (χ0v) is 15.9. The van der Waals surface area contributed by atoms with E-state index in [4.69, 9.17) is 0 Å². The quantitative estimate of drug-likeness (QED) is 0.789. The minimum absolute atomic E-state index is 0.0862.